The number of halogens is 1. The Bertz CT molecular complexity index is 1130. The van der Waals surface area contributed by atoms with E-state index in [1.807, 2.05) is 6.07 Å². The Morgan fingerprint density at radius 1 is 0.929 bits per heavy atom. The summed E-state index contributed by atoms with van der Waals surface area (Å²) >= 11 is 9.28. The quantitative estimate of drug-likeness (QED) is 0.416. The number of aromatic nitrogens is 4. The fourth-order valence-electron chi connectivity index (χ4n) is 2.80. The molecule has 0 aliphatic rings. The average molecular weight is 435 g/mol. The largest absolute Gasteiger partial charge is 0.313 e. The van der Waals surface area contributed by atoms with E-state index in [1.54, 1.807) is 22.7 Å². The number of H-pyrrole nitrogens is 1. The smallest absolute Gasteiger partial charge is 0.259 e. The van der Waals surface area contributed by atoms with Gasteiger partial charge in [0.15, 0.2) is 0 Å². The molecule has 0 saturated heterocycles. The van der Waals surface area contributed by atoms with Crippen LogP contribution in [0.3, 0.4) is 0 Å². The van der Waals surface area contributed by atoms with Crippen LogP contribution in [0.15, 0.2) is 29.6 Å². The van der Waals surface area contributed by atoms with E-state index < -0.39 is 0 Å². The van der Waals surface area contributed by atoms with E-state index >= 15 is 0 Å². The molecule has 0 atom stereocenters. The maximum absolute atomic E-state index is 11.4. The van der Waals surface area contributed by atoms with Gasteiger partial charge in [0.1, 0.15) is 21.1 Å². The maximum atomic E-state index is 11.4. The van der Waals surface area contributed by atoms with E-state index in [2.05, 4.69) is 53.7 Å². The molecule has 0 bridgehead atoms. The summed E-state index contributed by atoms with van der Waals surface area (Å²) in [5, 5.41) is 2.25. The first-order valence-corrected chi connectivity index (χ1v) is 11.2. The van der Waals surface area contributed by atoms with Gasteiger partial charge in [-0.3, -0.25) is 4.79 Å². The number of hydrogen-bond donors (Lipinski definition) is 1. The fourth-order valence-corrected chi connectivity index (χ4v) is 5.46. The van der Waals surface area contributed by atoms with E-state index in [4.69, 9.17) is 11.6 Å². The lowest BCUT2D eigenvalue weighted by atomic mass is 10.1. The zero-order valence-electron chi connectivity index (χ0n) is 16.3. The number of fused-ring (bicyclic) bond motifs is 2. The van der Waals surface area contributed by atoms with Crippen molar-refractivity contribution in [2.24, 2.45) is 11.8 Å². The summed E-state index contributed by atoms with van der Waals surface area (Å²) in [6.07, 6.45) is 5.07. The normalized spacial score (nSPS) is 11.4. The second-order valence-corrected chi connectivity index (χ2v) is 10.0. The Hall–Kier alpha value is -1.83. The summed E-state index contributed by atoms with van der Waals surface area (Å²) < 4.78 is 0. The number of nitrogens with one attached hydrogen (secondary N) is 1. The third-order valence-electron chi connectivity index (χ3n) is 3.94. The Balaban J connectivity index is 0.000000161. The van der Waals surface area contributed by atoms with Crippen LogP contribution < -0.4 is 5.56 Å². The molecular formula is C20H23ClN4OS2. The lowest BCUT2D eigenvalue weighted by Crippen LogP contribution is -2.03. The van der Waals surface area contributed by atoms with Gasteiger partial charge in [-0.05, 0) is 36.8 Å². The van der Waals surface area contributed by atoms with E-state index in [-0.39, 0.29) is 5.56 Å². The van der Waals surface area contributed by atoms with Crippen molar-refractivity contribution in [3.8, 4) is 0 Å². The van der Waals surface area contributed by atoms with Crippen LogP contribution in [-0.4, -0.2) is 19.9 Å². The van der Waals surface area contributed by atoms with Crippen molar-refractivity contribution >= 4 is 54.7 Å². The van der Waals surface area contributed by atoms with Gasteiger partial charge in [-0.15, -0.1) is 22.7 Å². The van der Waals surface area contributed by atoms with Crippen LogP contribution in [-0.2, 0) is 12.8 Å². The first kappa shape index (κ1) is 20.9. The van der Waals surface area contributed by atoms with E-state index in [0.717, 1.165) is 27.9 Å². The molecule has 4 aromatic rings. The summed E-state index contributed by atoms with van der Waals surface area (Å²) in [5.74, 6) is 1.27. The topological polar surface area (TPSA) is 71.5 Å². The van der Waals surface area contributed by atoms with Crippen molar-refractivity contribution in [2.75, 3.05) is 0 Å². The van der Waals surface area contributed by atoms with Gasteiger partial charge < -0.3 is 4.98 Å². The molecule has 28 heavy (non-hydrogen) atoms. The Morgan fingerprint density at radius 2 is 1.50 bits per heavy atom. The first-order chi connectivity index (χ1) is 13.3. The van der Waals surface area contributed by atoms with Gasteiger partial charge in [0.05, 0.1) is 11.7 Å². The van der Waals surface area contributed by atoms with Crippen LogP contribution in [0, 0.1) is 11.8 Å². The molecule has 0 unspecified atom stereocenters. The summed E-state index contributed by atoms with van der Waals surface area (Å²) in [6.45, 7) is 8.75. The molecule has 0 aliphatic carbocycles. The zero-order valence-corrected chi connectivity index (χ0v) is 18.7. The third kappa shape index (κ3) is 5.16. The lowest BCUT2D eigenvalue weighted by molar-refractivity contribution is 0.654. The van der Waals surface area contributed by atoms with Gasteiger partial charge in [-0.1, -0.05) is 39.3 Å². The predicted molar refractivity (Wildman–Crippen MR) is 120 cm³/mol. The van der Waals surface area contributed by atoms with Crippen LogP contribution >= 0.6 is 34.3 Å². The van der Waals surface area contributed by atoms with Crippen LogP contribution in [0.25, 0.3) is 20.4 Å². The molecule has 4 rings (SSSR count). The SMILES string of the molecule is CC(C)Cc1cc2c(=O)[nH]cnc2s1.CC(C)Cc1cc2c(Cl)ncnc2s1. The number of nitrogens with zero attached hydrogens (tertiary/aromatic N) is 3. The highest BCUT2D eigenvalue weighted by Crippen LogP contribution is 2.29. The van der Waals surface area contributed by atoms with Crippen molar-refractivity contribution in [3.05, 3.63) is 50.0 Å². The van der Waals surface area contributed by atoms with Gasteiger partial charge in [0.25, 0.3) is 5.56 Å². The summed E-state index contributed by atoms with van der Waals surface area (Å²) in [4.78, 5) is 30.6. The lowest BCUT2D eigenvalue weighted by Gasteiger charge is -1.98. The fraction of sp³-hybridized carbons (Fsp3) is 0.400. The van der Waals surface area contributed by atoms with E-state index in [0.29, 0.717) is 22.4 Å². The molecule has 1 N–H and O–H groups in total. The summed E-state index contributed by atoms with van der Waals surface area (Å²) in [7, 11) is 0. The van der Waals surface area contributed by atoms with Crippen molar-refractivity contribution in [1.82, 2.24) is 19.9 Å². The van der Waals surface area contributed by atoms with Crippen LogP contribution in [0.1, 0.15) is 37.4 Å². The highest BCUT2D eigenvalue weighted by atomic mass is 35.5. The molecule has 0 aliphatic heterocycles. The molecular weight excluding hydrogens is 412 g/mol. The minimum Gasteiger partial charge on any atom is -0.313 e. The van der Waals surface area contributed by atoms with Gasteiger partial charge in [-0.2, -0.15) is 0 Å². The molecule has 4 heterocycles. The van der Waals surface area contributed by atoms with E-state index in [9.17, 15) is 4.79 Å². The molecule has 8 heteroatoms. The first-order valence-electron chi connectivity index (χ1n) is 9.18. The number of hydrogen-bond acceptors (Lipinski definition) is 6. The van der Waals surface area contributed by atoms with Gasteiger partial charge in [0, 0.05) is 15.1 Å². The molecule has 0 fully saturated rings. The van der Waals surface area contributed by atoms with Crippen LogP contribution in [0.5, 0.6) is 0 Å². The molecule has 0 amide bonds. The molecule has 0 saturated carbocycles. The minimum absolute atomic E-state index is 0.0405. The maximum Gasteiger partial charge on any atom is 0.259 e. The Kier molecular flexibility index (Phi) is 6.80. The molecule has 148 valence electrons. The molecule has 5 nitrogen and oxygen atoms in total. The van der Waals surface area contributed by atoms with Crippen molar-refractivity contribution in [3.63, 3.8) is 0 Å². The van der Waals surface area contributed by atoms with Crippen LogP contribution in [0.4, 0.5) is 0 Å². The van der Waals surface area contributed by atoms with Crippen molar-refractivity contribution < 1.29 is 0 Å². The highest BCUT2D eigenvalue weighted by molar-refractivity contribution is 7.19. The number of aromatic amines is 1. The Labute approximate surface area is 176 Å². The number of rotatable bonds is 4. The van der Waals surface area contributed by atoms with Crippen LogP contribution in [0.2, 0.25) is 5.15 Å². The molecule has 0 spiro atoms. The Morgan fingerprint density at radius 3 is 2.04 bits per heavy atom. The van der Waals surface area contributed by atoms with Crippen molar-refractivity contribution in [1.29, 1.82) is 0 Å². The monoisotopic (exact) mass is 434 g/mol. The standard InChI is InChI=1S/C10H11ClN2S.C10H12N2OS/c1-6(2)3-7-4-8-9(11)12-5-13-10(8)14-7;1-6(2)3-7-4-8-9(13)11-5-12-10(8)14-7/h4-6H,3H2,1-2H3;4-6H,3H2,1-2H3,(H,11,12,13). The third-order valence-corrected chi connectivity index (χ3v) is 6.37. The average Bonchev–Trinajstić information content (AvgIpc) is 3.19. The zero-order chi connectivity index (χ0) is 20.3. The summed E-state index contributed by atoms with van der Waals surface area (Å²) in [5.41, 5.74) is -0.0405. The van der Waals surface area contributed by atoms with Crippen molar-refractivity contribution in [2.45, 2.75) is 40.5 Å². The van der Waals surface area contributed by atoms with Gasteiger partial charge in [-0.25, -0.2) is 15.0 Å². The molecule has 0 aromatic carbocycles. The minimum atomic E-state index is -0.0405. The molecule has 0 radical (unpaired) electrons. The second kappa shape index (κ2) is 9.11. The molecule has 4 aromatic heterocycles. The van der Waals surface area contributed by atoms with Gasteiger partial charge >= 0.3 is 0 Å². The number of thiophene rings is 2. The predicted octanol–water partition coefficient (Wildman–Crippen LogP) is 5.73. The summed E-state index contributed by atoms with van der Waals surface area (Å²) in [6, 6.07) is 4.05. The van der Waals surface area contributed by atoms with E-state index in [1.165, 1.54) is 22.4 Å². The highest BCUT2D eigenvalue weighted by Gasteiger charge is 2.08. The second-order valence-electron chi connectivity index (χ2n) is 7.46. The van der Waals surface area contributed by atoms with Gasteiger partial charge in [0.2, 0.25) is 0 Å².